The Hall–Kier alpha value is -1.87. The van der Waals surface area contributed by atoms with Gasteiger partial charge in [-0.25, -0.2) is 4.79 Å². The molecule has 0 aromatic carbocycles. The van der Waals surface area contributed by atoms with Crippen LogP contribution in [0.5, 0.6) is 0 Å². The van der Waals surface area contributed by atoms with E-state index in [1.807, 2.05) is 30.4 Å². The Bertz CT molecular complexity index is 469. The van der Waals surface area contributed by atoms with Crippen molar-refractivity contribution in [1.82, 2.24) is 0 Å². The van der Waals surface area contributed by atoms with Gasteiger partial charge in [-0.15, -0.1) is 0 Å². The van der Waals surface area contributed by atoms with Gasteiger partial charge in [0.1, 0.15) is 0 Å². The minimum Gasteiger partial charge on any atom is -0.478 e. The zero-order chi connectivity index (χ0) is 16.8. The molecular weight excluding hydrogens is 288 g/mol. The number of unbranched alkanes of at least 4 members (excludes halogenated alkanes) is 2. The van der Waals surface area contributed by atoms with Crippen molar-refractivity contribution in [2.75, 3.05) is 0 Å². The quantitative estimate of drug-likeness (QED) is 0.239. The molecule has 0 amide bonds. The van der Waals surface area contributed by atoms with E-state index < -0.39 is 5.97 Å². The molecule has 1 heterocycles. The summed E-state index contributed by atoms with van der Waals surface area (Å²) < 4.78 is 5.66. The molecule has 1 aliphatic heterocycles. The number of rotatable bonds is 12. The Morgan fingerprint density at radius 2 is 1.52 bits per heavy atom. The topological polar surface area (TPSA) is 49.8 Å². The maximum absolute atomic E-state index is 10.2. The fraction of sp³-hybridized carbons (Fsp3) is 0.450. The van der Waals surface area contributed by atoms with Crippen LogP contribution in [0.15, 0.2) is 60.8 Å². The lowest BCUT2D eigenvalue weighted by Gasteiger charge is -1.93. The van der Waals surface area contributed by atoms with Crippen molar-refractivity contribution in [3.63, 3.8) is 0 Å². The van der Waals surface area contributed by atoms with Crippen LogP contribution in [0, 0.1) is 0 Å². The second-order valence-electron chi connectivity index (χ2n) is 5.57. The first-order valence-corrected chi connectivity index (χ1v) is 8.45. The summed E-state index contributed by atoms with van der Waals surface area (Å²) in [6.45, 7) is 2.23. The van der Waals surface area contributed by atoms with Crippen molar-refractivity contribution in [3.8, 4) is 0 Å². The Morgan fingerprint density at radius 1 is 0.913 bits per heavy atom. The minimum atomic E-state index is -0.937. The second-order valence-corrected chi connectivity index (χ2v) is 5.57. The molecule has 0 aliphatic carbocycles. The zero-order valence-corrected chi connectivity index (χ0v) is 13.9. The fourth-order valence-electron chi connectivity index (χ4n) is 2.24. The van der Waals surface area contributed by atoms with Crippen LogP contribution in [-0.2, 0) is 9.53 Å². The Kier molecular flexibility index (Phi) is 10.5. The predicted octanol–water partition coefficient (Wildman–Crippen LogP) is 4.98. The molecule has 0 aromatic heterocycles. The normalized spacial score (nSPS) is 21.6. The first-order chi connectivity index (χ1) is 11.2. The summed E-state index contributed by atoms with van der Waals surface area (Å²) in [7, 11) is 0. The fourth-order valence-corrected chi connectivity index (χ4v) is 2.24. The number of carboxylic acids is 1. The van der Waals surface area contributed by atoms with Gasteiger partial charge in [-0.1, -0.05) is 80.9 Å². The molecule has 3 heteroatoms. The molecule has 0 spiro atoms. The average Bonchev–Trinajstić information content (AvgIpc) is 3.27. The molecule has 1 N–H and O–H groups in total. The van der Waals surface area contributed by atoms with Crippen molar-refractivity contribution in [2.24, 2.45) is 0 Å². The van der Waals surface area contributed by atoms with Crippen molar-refractivity contribution in [3.05, 3.63) is 60.8 Å². The lowest BCUT2D eigenvalue weighted by molar-refractivity contribution is -0.131. The van der Waals surface area contributed by atoms with Gasteiger partial charge in [-0.3, -0.25) is 0 Å². The molecular formula is C20H28O3. The molecule has 1 fully saturated rings. The van der Waals surface area contributed by atoms with E-state index in [1.54, 1.807) is 12.2 Å². The van der Waals surface area contributed by atoms with Gasteiger partial charge in [0.15, 0.2) is 0 Å². The zero-order valence-electron chi connectivity index (χ0n) is 13.9. The Balaban J connectivity index is 2.01. The summed E-state index contributed by atoms with van der Waals surface area (Å²) in [5.74, 6) is -0.937. The first-order valence-electron chi connectivity index (χ1n) is 8.45. The largest absolute Gasteiger partial charge is 0.478 e. The minimum absolute atomic E-state index is 0.490. The van der Waals surface area contributed by atoms with Crippen LogP contribution >= 0.6 is 0 Å². The van der Waals surface area contributed by atoms with Crippen molar-refractivity contribution in [1.29, 1.82) is 0 Å². The van der Waals surface area contributed by atoms with Crippen LogP contribution < -0.4 is 0 Å². The smallest absolute Gasteiger partial charge is 0.328 e. The molecule has 2 atom stereocenters. The third-order valence-corrected chi connectivity index (χ3v) is 3.55. The van der Waals surface area contributed by atoms with Gasteiger partial charge in [-0.05, 0) is 19.3 Å². The van der Waals surface area contributed by atoms with Gasteiger partial charge in [0.05, 0.1) is 12.2 Å². The van der Waals surface area contributed by atoms with Crippen LogP contribution in [0.2, 0.25) is 0 Å². The number of hydrogen-bond donors (Lipinski definition) is 1. The Morgan fingerprint density at radius 3 is 2.17 bits per heavy atom. The third kappa shape index (κ3) is 11.4. The molecule has 1 aliphatic rings. The lowest BCUT2D eigenvalue weighted by atomic mass is 10.1. The van der Waals surface area contributed by atoms with E-state index in [0.29, 0.717) is 12.2 Å². The monoisotopic (exact) mass is 316 g/mol. The average molecular weight is 316 g/mol. The number of epoxide rings is 1. The van der Waals surface area contributed by atoms with Gasteiger partial charge in [0.2, 0.25) is 0 Å². The highest BCUT2D eigenvalue weighted by Crippen LogP contribution is 2.31. The highest BCUT2D eigenvalue weighted by Gasteiger charge is 2.36. The van der Waals surface area contributed by atoms with Crippen LogP contribution in [0.4, 0.5) is 0 Å². The highest BCUT2D eigenvalue weighted by atomic mass is 16.6. The summed E-state index contributed by atoms with van der Waals surface area (Å²) in [6.07, 6.45) is 26.3. The van der Waals surface area contributed by atoms with Crippen LogP contribution in [-0.4, -0.2) is 23.3 Å². The van der Waals surface area contributed by atoms with Gasteiger partial charge in [0, 0.05) is 6.08 Å². The number of allylic oxidation sites excluding steroid dienone is 9. The summed E-state index contributed by atoms with van der Waals surface area (Å²) in [5.41, 5.74) is 0. The molecule has 126 valence electrons. The summed E-state index contributed by atoms with van der Waals surface area (Å²) in [5, 5.41) is 8.39. The van der Waals surface area contributed by atoms with Gasteiger partial charge in [-0.2, -0.15) is 0 Å². The molecule has 0 radical (unpaired) electrons. The van der Waals surface area contributed by atoms with E-state index >= 15 is 0 Å². The Labute approximate surface area is 139 Å². The number of aliphatic carboxylic acids is 1. The van der Waals surface area contributed by atoms with E-state index in [0.717, 1.165) is 18.9 Å². The van der Waals surface area contributed by atoms with Crippen molar-refractivity contribution < 1.29 is 14.6 Å². The molecule has 23 heavy (non-hydrogen) atoms. The SMILES string of the molecule is CCCCCC1OC1CC/C=C/C=C/C=C/C=C/C=C/C(=O)O. The van der Waals surface area contributed by atoms with E-state index in [2.05, 4.69) is 13.0 Å². The van der Waals surface area contributed by atoms with E-state index in [9.17, 15) is 4.79 Å². The van der Waals surface area contributed by atoms with E-state index in [4.69, 9.17) is 9.84 Å². The van der Waals surface area contributed by atoms with Crippen LogP contribution in [0.25, 0.3) is 0 Å². The van der Waals surface area contributed by atoms with Crippen molar-refractivity contribution >= 4 is 5.97 Å². The molecule has 0 saturated carbocycles. The van der Waals surface area contributed by atoms with Crippen LogP contribution in [0.1, 0.15) is 45.4 Å². The molecule has 1 rings (SSSR count). The molecule has 0 bridgehead atoms. The van der Waals surface area contributed by atoms with Gasteiger partial charge in [0.25, 0.3) is 0 Å². The van der Waals surface area contributed by atoms with Gasteiger partial charge >= 0.3 is 5.97 Å². The maximum atomic E-state index is 10.2. The number of ether oxygens (including phenoxy) is 1. The molecule has 1 saturated heterocycles. The van der Waals surface area contributed by atoms with Crippen molar-refractivity contribution in [2.45, 2.75) is 57.7 Å². The number of hydrogen-bond acceptors (Lipinski definition) is 2. The number of carboxylic acid groups (broad SMARTS) is 1. The molecule has 0 aromatic rings. The highest BCUT2D eigenvalue weighted by molar-refractivity contribution is 5.80. The van der Waals surface area contributed by atoms with Gasteiger partial charge < -0.3 is 9.84 Å². The summed E-state index contributed by atoms with van der Waals surface area (Å²) in [4.78, 5) is 10.2. The van der Waals surface area contributed by atoms with Crippen LogP contribution in [0.3, 0.4) is 0 Å². The van der Waals surface area contributed by atoms with E-state index in [1.165, 1.54) is 31.8 Å². The second kappa shape index (κ2) is 12.7. The van der Waals surface area contributed by atoms with E-state index in [-0.39, 0.29) is 0 Å². The summed E-state index contributed by atoms with van der Waals surface area (Å²) in [6, 6.07) is 0. The number of carbonyl (C=O) groups is 1. The molecule has 2 unspecified atom stereocenters. The lowest BCUT2D eigenvalue weighted by Crippen LogP contribution is -1.93. The third-order valence-electron chi connectivity index (χ3n) is 3.55. The first kappa shape index (κ1) is 19.2. The standard InChI is InChI=1S/C20H28O3/c1-2-3-12-15-18-19(23-18)16-13-10-8-6-4-5-7-9-11-14-17-20(21)22/h4-11,14,17-19H,2-3,12-13,15-16H2,1H3,(H,21,22)/b6-4+,7-5+,10-8+,11-9+,17-14+. The predicted molar refractivity (Wildman–Crippen MR) is 95.4 cm³/mol. The molecule has 3 nitrogen and oxygen atoms in total. The summed E-state index contributed by atoms with van der Waals surface area (Å²) >= 11 is 0. The maximum Gasteiger partial charge on any atom is 0.328 e.